The Labute approximate surface area is 223 Å². The molecule has 2 rings (SSSR count). The molecule has 0 aliphatic rings. The molecule has 0 radical (unpaired) electrons. The van der Waals surface area contributed by atoms with Gasteiger partial charge >= 0.3 is 5.97 Å². The summed E-state index contributed by atoms with van der Waals surface area (Å²) in [7, 11) is 0. The third kappa shape index (κ3) is 10.2. The minimum absolute atomic E-state index is 0.00928. The fourth-order valence-electron chi connectivity index (χ4n) is 3.03. The molecule has 0 aliphatic carbocycles. The Bertz CT molecular complexity index is 1090. The molecular formula is C23H26Cl3N5O5. The lowest BCUT2D eigenvalue weighted by Crippen LogP contribution is -2.47. The minimum Gasteiger partial charge on any atom is -0.484 e. The number of benzene rings is 2. The summed E-state index contributed by atoms with van der Waals surface area (Å²) in [6.07, 6.45) is 0.425. The van der Waals surface area contributed by atoms with Crippen molar-refractivity contribution in [2.24, 2.45) is 16.5 Å². The van der Waals surface area contributed by atoms with Crippen LogP contribution in [0.1, 0.15) is 18.4 Å². The van der Waals surface area contributed by atoms with Gasteiger partial charge < -0.3 is 31.5 Å². The molecule has 0 saturated carbocycles. The second-order valence-electron chi connectivity index (χ2n) is 7.65. The zero-order valence-electron chi connectivity index (χ0n) is 19.1. The van der Waals surface area contributed by atoms with Crippen molar-refractivity contribution in [2.75, 3.05) is 19.7 Å². The largest absolute Gasteiger partial charge is 0.484 e. The quantitative estimate of drug-likeness (QED) is 0.167. The molecule has 0 aromatic heterocycles. The van der Waals surface area contributed by atoms with Gasteiger partial charge in [0.15, 0.2) is 12.6 Å². The summed E-state index contributed by atoms with van der Waals surface area (Å²) in [5.74, 6) is -2.09. The number of carboxylic acids is 1. The van der Waals surface area contributed by atoms with Gasteiger partial charge in [-0.25, -0.2) is 4.79 Å². The number of carbonyl (C=O) groups is 3. The lowest BCUT2D eigenvalue weighted by molar-refractivity contribution is -0.143. The van der Waals surface area contributed by atoms with Crippen molar-refractivity contribution in [3.8, 4) is 5.75 Å². The molecule has 0 fully saturated rings. The van der Waals surface area contributed by atoms with Crippen LogP contribution >= 0.6 is 34.8 Å². The van der Waals surface area contributed by atoms with Gasteiger partial charge in [-0.3, -0.25) is 14.6 Å². The summed E-state index contributed by atoms with van der Waals surface area (Å²) in [5, 5.41) is 13.0. The molecule has 0 saturated heterocycles. The summed E-state index contributed by atoms with van der Waals surface area (Å²) in [6, 6.07) is 10.1. The van der Waals surface area contributed by atoms with E-state index < -0.39 is 30.4 Å². The second kappa shape index (κ2) is 14.4. The van der Waals surface area contributed by atoms with Crippen LogP contribution in [0.25, 0.3) is 0 Å². The number of ether oxygens (including phenoxy) is 1. The minimum atomic E-state index is -1.22. The number of hydrogen-bond donors (Lipinski definition) is 4. The average molecular weight is 559 g/mol. The zero-order valence-corrected chi connectivity index (χ0v) is 21.4. The van der Waals surface area contributed by atoms with E-state index in [1.165, 1.54) is 4.90 Å². The fourth-order valence-corrected chi connectivity index (χ4v) is 3.48. The van der Waals surface area contributed by atoms with Crippen molar-refractivity contribution in [1.82, 2.24) is 10.2 Å². The number of nitrogens with zero attached hydrogens (tertiary/aromatic N) is 2. The van der Waals surface area contributed by atoms with Gasteiger partial charge in [-0.05, 0) is 54.8 Å². The molecule has 2 aromatic carbocycles. The highest BCUT2D eigenvalue weighted by atomic mass is 35.5. The number of hydrogen-bond acceptors (Lipinski definition) is 5. The molecular weight excluding hydrogens is 533 g/mol. The SMILES string of the molecule is NC(N)=NCCCC(NC(=O)CN(Cc1ccc(Cl)c(Cl)c1)C(=O)COc1ccc(Cl)cc1)C(=O)O. The number of aliphatic carboxylic acids is 1. The van der Waals surface area contributed by atoms with E-state index in [0.717, 1.165) is 0 Å². The molecule has 1 atom stereocenters. The van der Waals surface area contributed by atoms with Crippen molar-refractivity contribution in [3.05, 3.63) is 63.1 Å². The molecule has 0 heterocycles. The van der Waals surface area contributed by atoms with Gasteiger partial charge in [-0.2, -0.15) is 0 Å². The number of carbonyl (C=O) groups excluding carboxylic acids is 2. The average Bonchev–Trinajstić information content (AvgIpc) is 2.82. The van der Waals surface area contributed by atoms with Crippen molar-refractivity contribution < 1.29 is 24.2 Å². The normalized spacial score (nSPS) is 11.3. The Morgan fingerprint density at radius 3 is 2.36 bits per heavy atom. The van der Waals surface area contributed by atoms with Gasteiger partial charge in [0.1, 0.15) is 18.3 Å². The van der Waals surface area contributed by atoms with Gasteiger partial charge in [0.25, 0.3) is 5.91 Å². The highest BCUT2D eigenvalue weighted by molar-refractivity contribution is 6.42. The van der Waals surface area contributed by atoms with Crippen LogP contribution in [0.3, 0.4) is 0 Å². The first kappa shape index (κ1) is 29.0. The first-order chi connectivity index (χ1) is 17.0. The van der Waals surface area contributed by atoms with Crippen LogP contribution < -0.4 is 21.5 Å². The maximum Gasteiger partial charge on any atom is 0.326 e. The maximum absolute atomic E-state index is 13.0. The number of amides is 2. The summed E-state index contributed by atoms with van der Waals surface area (Å²) >= 11 is 17.9. The first-order valence-corrected chi connectivity index (χ1v) is 11.9. The van der Waals surface area contributed by atoms with Crippen LogP contribution in [0, 0.1) is 0 Å². The van der Waals surface area contributed by atoms with Crippen LogP contribution in [-0.2, 0) is 20.9 Å². The van der Waals surface area contributed by atoms with E-state index in [4.69, 9.17) is 51.0 Å². The molecule has 2 amide bonds. The Balaban J connectivity index is 2.08. The van der Waals surface area contributed by atoms with Gasteiger partial charge in [0, 0.05) is 18.1 Å². The lowest BCUT2D eigenvalue weighted by atomic mass is 10.1. The van der Waals surface area contributed by atoms with Crippen molar-refractivity contribution in [3.63, 3.8) is 0 Å². The third-order valence-corrected chi connectivity index (χ3v) is 5.79. The predicted molar refractivity (Wildman–Crippen MR) is 138 cm³/mol. The van der Waals surface area contributed by atoms with E-state index in [2.05, 4.69) is 10.3 Å². The number of aliphatic imine (C=N–C) groups is 1. The van der Waals surface area contributed by atoms with E-state index >= 15 is 0 Å². The monoisotopic (exact) mass is 557 g/mol. The van der Waals surface area contributed by atoms with E-state index in [1.807, 2.05) is 0 Å². The first-order valence-electron chi connectivity index (χ1n) is 10.7. The number of nitrogens with one attached hydrogen (secondary N) is 1. The van der Waals surface area contributed by atoms with Crippen molar-refractivity contribution >= 4 is 58.5 Å². The molecule has 13 heteroatoms. The van der Waals surface area contributed by atoms with Crippen LogP contribution in [0.4, 0.5) is 0 Å². The summed E-state index contributed by atoms with van der Waals surface area (Å²) in [4.78, 5) is 42.3. The number of rotatable bonds is 13. The van der Waals surface area contributed by atoms with Gasteiger partial charge in [-0.15, -0.1) is 0 Å². The van der Waals surface area contributed by atoms with E-state index in [-0.39, 0.29) is 37.1 Å². The number of carboxylic acid groups (broad SMARTS) is 1. The summed E-state index contributed by atoms with van der Waals surface area (Å²) in [6.45, 7) is -0.556. The van der Waals surface area contributed by atoms with Gasteiger partial charge in [-0.1, -0.05) is 40.9 Å². The fraction of sp³-hybridized carbons (Fsp3) is 0.304. The highest BCUT2D eigenvalue weighted by Gasteiger charge is 2.23. The Hall–Kier alpha value is -3.21. The maximum atomic E-state index is 13.0. The molecule has 6 N–H and O–H groups in total. The lowest BCUT2D eigenvalue weighted by Gasteiger charge is -2.24. The third-order valence-electron chi connectivity index (χ3n) is 4.80. The topological polar surface area (TPSA) is 160 Å². The molecule has 0 aliphatic heterocycles. The van der Waals surface area contributed by atoms with Crippen LogP contribution in [-0.4, -0.2) is 59.5 Å². The molecule has 1 unspecified atom stereocenters. The van der Waals surface area contributed by atoms with Crippen LogP contribution in [0.2, 0.25) is 15.1 Å². The van der Waals surface area contributed by atoms with E-state index in [0.29, 0.717) is 27.8 Å². The Morgan fingerprint density at radius 2 is 1.75 bits per heavy atom. The molecule has 10 nitrogen and oxygen atoms in total. The number of nitrogens with two attached hydrogens (primary N) is 2. The highest BCUT2D eigenvalue weighted by Crippen LogP contribution is 2.23. The van der Waals surface area contributed by atoms with Gasteiger partial charge in [0.2, 0.25) is 5.91 Å². The Kier molecular flexibility index (Phi) is 11.6. The van der Waals surface area contributed by atoms with E-state index in [1.54, 1.807) is 42.5 Å². The van der Waals surface area contributed by atoms with Crippen molar-refractivity contribution in [1.29, 1.82) is 0 Å². The van der Waals surface area contributed by atoms with Crippen LogP contribution in [0.5, 0.6) is 5.75 Å². The van der Waals surface area contributed by atoms with Gasteiger partial charge in [0.05, 0.1) is 10.0 Å². The molecule has 36 heavy (non-hydrogen) atoms. The molecule has 2 aromatic rings. The summed E-state index contributed by atoms with van der Waals surface area (Å²) in [5.41, 5.74) is 11.1. The molecule has 0 bridgehead atoms. The molecule has 0 spiro atoms. The summed E-state index contributed by atoms with van der Waals surface area (Å²) < 4.78 is 5.51. The predicted octanol–water partition coefficient (Wildman–Crippen LogP) is 2.68. The smallest absolute Gasteiger partial charge is 0.326 e. The number of guanidine groups is 1. The zero-order chi connectivity index (χ0) is 26.7. The van der Waals surface area contributed by atoms with E-state index in [9.17, 15) is 19.5 Å². The second-order valence-corrected chi connectivity index (χ2v) is 8.90. The van der Waals surface area contributed by atoms with Crippen molar-refractivity contribution in [2.45, 2.75) is 25.4 Å². The standard InChI is InChI=1S/C23H26Cl3N5O5/c24-15-4-6-16(7-5-15)36-13-21(33)31(11-14-3-8-17(25)18(26)10-14)12-20(32)30-19(22(34)35)2-1-9-29-23(27)28/h3-8,10,19H,1-2,9,11-13H2,(H,30,32)(H,34,35)(H4,27,28,29). The molecule has 194 valence electrons. The van der Waals surface area contributed by atoms with Crippen LogP contribution in [0.15, 0.2) is 47.5 Å². The number of halogens is 3. The Morgan fingerprint density at radius 1 is 1.06 bits per heavy atom.